The fourth-order valence-corrected chi connectivity index (χ4v) is 1.55. The number of nitrogens with one attached hydrogen (secondary N) is 2. The largest absolute Gasteiger partial charge is 0.388 e. The standard InChI is InChI=1S/C12H10N4OS2/c13-10(18)12(19)14-6-5-9-11(17)16-8-4-2-1-3-7(8)15-9/h1-6H,(H2,13,18)(H,14,19)(H,16,17)/b6-5-. The van der Waals surface area contributed by atoms with Crippen molar-refractivity contribution in [1.29, 1.82) is 0 Å². The Kier molecular flexibility index (Phi) is 3.98. The molecule has 7 heteroatoms. The van der Waals surface area contributed by atoms with Gasteiger partial charge in [0.1, 0.15) is 15.7 Å². The van der Waals surface area contributed by atoms with E-state index in [1.165, 1.54) is 12.3 Å². The summed E-state index contributed by atoms with van der Waals surface area (Å²) in [6, 6.07) is 7.28. The average molecular weight is 290 g/mol. The van der Waals surface area contributed by atoms with Crippen molar-refractivity contribution in [2.24, 2.45) is 5.73 Å². The summed E-state index contributed by atoms with van der Waals surface area (Å²) < 4.78 is 0. The van der Waals surface area contributed by atoms with Crippen molar-refractivity contribution in [3.05, 3.63) is 46.5 Å². The summed E-state index contributed by atoms with van der Waals surface area (Å²) >= 11 is 9.56. The van der Waals surface area contributed by atoms with Crippen LogP contribution in [0.1, 0.15) is 5.69 Å². The first-order valence-electron chi connectivity index (χ1n) is 5.34. The molecule has 0 aliphatic heterocycles. The number of hydrogen-bond donors (Lipinski definition) is 3. The van der Waals surface area contributed by atoms with Crippen LogP contribution in [0.15, 0.2) is 35.3 Å². The molecule has 0 atom stereocenters. The Morgan fingerprint density at radius 2 is 2.11 bits per heavy atom. The lowest BCUT2D eigenvalue weighted by atomic mass is 10.3. The van der Waals surface area contributed by atoms with Crippen molar-refractivity contribution in [2.45, 2.75) is 0 Å². The lowest BCUT2D eigenvalue weighted by Gasteiger charge is -2.00. The Labute approximate surface area is 119 Å². The molecule has 0 unspecified atom stereocenters. The Bertz CT molecular complexity index is 736. The van der Waals surface area contributed by atoms with E-state index in [1.54, 1.807) is 6.07 Å². The number of aromatic amines is 1. The van der Waals surface area contributed by atoms with Gasteiger partial charge in [0.15, 0.2) is 0 Å². The first-order chi connectivity index (χ1) is 9.08. The van der Waals surface area contributed by atoms with Gasteiger partial charge in [-0.25, -0.2) is 4.98 Å². The molecule has 0 spiro atoms. The minimum Gasteiger partial charge on any atom is -0.388 e. The number of nitrogens with two attached hydrogens (primary N) is 1. The van der Waals surface area contributed by atoms with E-state index < -0.39 is 0 Å². The zero-order chi connectivity index (χ0) is 13.8. The van der Waals surface area contributed by atoms with Gasteiger partial charge in [0, 0.05) is 6.20 Å². The van der Waals surface area contributed by atoms with Crippen molar-refractivity contribution < 1.29 is 0 Å². The summed E-state index contributed by atoms with van der Waals surface area (Å²) in [6.45, 7) is 0. The Balaban J connectivity index is 2.28. The minimum atomic E-state index is -0.280. The van der Waals surface area contributed by atoms with Gasteiger partial charge in [-0.05, 0) is 18.2 Å². The van der Waals surface area contributed by atoms with Gasteiger partial charge in [0.05, 0.1) is 11.0 Å². The number of nitrogens with zero attached hydrogens (tertiary/aromatic N) is 1. The molecule has 1 aromatic heterocycles. The van der Waals surface area contributed by atoms with Gasteiger partial charge in [-0.15, -0.1) is 0 Å². The summed E-state index contributed by atoms with van der Waals surface area (Å²) in [6.07, 6.45) is 2.99. The second kappa shape index (κ2) is 5.68. The van der Waals surface area contributed by atoms with Crippen LogP contribution in [0.3, 0.4) is 0 Å². The summed E-state index contributed by atoms with van der Waals surface area (Å²) in [4.78, 5) is 19.1. The average Bonchev–Trinajstić information content (AvgIpc) is 2.39. The van der Waals surface area contributed by atoms with Crippen molar-refractivity contribution in [3.8, 4) is 0 Å². The maximum atomic E-state index is 11.8. The van der Waals surface area contributed by atoms with E-state index in [0.717, 1.165) is 0 Å². The molecule has 96 valence electrons. The highest BCUT2D eigenvalue weighted by atomic mass is 32.1. The first kappa shape index (κ1) is 13.3. The molecule has 5 nitrogen and oxygen atoms in total. The van der Waals surface area contributed by atoms with E-state index in [0.29, 0.717) is 11.0 Å². The quantitative estimate of drug-likeness (QED) is 0.718. The van der Waals surface area contributed by atoms with Gasteiger partial charge in [-0.2, -0.15) is 0 Å². The molecule has 4 N–H and O–H groups in total. The van der Waals surface area contributed by atoms with Crippen LogP contribution in [-0.4, -0.2) is 19.9 Å². The molecule has 0 radical (unpaired) electrons. The third-order valence-corrected chi connectivity index (χ3v) is 2.98. The van der Waals surface area contributed by atoms with E-state index in [4.69, 9.17) is 30.2 Å². The second-order valence-electron chi connectivity index (χ2n) is 3.64. The number of hydrogen-bond acceptors (Lipinski definition) is 4. The topological polar surface area (TPSA) is 83.8 Å². The molecule has 1 heterocycles. The highest BCUT2D eigenvalue weighted by Crippen LogP contribution is 2.06. The number of thiocarbonyl (C=S) groups is 2. The lowest BCUT2D eigenvalue weighted by molar-refractivity contribution is 1.19. The third-order valence-electron chi connectivity index (χ3n) is 2.31. The molecule has 0 aliphatic carbocycles. The van der Waals surface area contributed by atoms with E-state index >= 15 is 0 Å². The number of rotatable bonds is 2. The van der Waals surface area contributed by atoms with Crippen LogP contribution in [0.2, 0.25) is 0 Å². The zero-order valence-electron chi connectivity index (χ0n) is 9.71. The van der Waals surface area contributed by atoms with Crippen molar-refractivity contribution >= 4 is 51.5 Å². The number of fused-ring (bicyclic) bond motifs is 1. The molecule has 0 fully saturated rings. The van der Waals surface area contributed by atoms with Crippen molar-refractivity contribution in [3.63, 3.8) is 0 Å². The SMILES string of the molecule is NC(=S)C(=S)N/C=C\c1nc2ccccc2[nH]c1=O. The minimum absolute atomic E-state index is 0.0973. The van der Waals surface area contributed by atoms with Crippen LogP contribution in [-0.2, 0) is 0 Å². The lowest BCUT2D eigenvalue weighted by Crippen LogP contribution is -2.29. The van der Waals surface area contributed by atoms with Crippen molar-refractivity contribution in [2.75, 3.05) is 0 Å². The molecule has 0 bridgehead atoms. The summed E-state index contributed by atoms with van der Waals surface area (Å²) in [5.74, 6) is 0. The van der Waals surface area contributed by atoms with Crippen LogP contribution < -0.4 is 16.6 Å². The monoisotopic (exact) mass is 290 g/mol. The van der Waals surface area contributed by atoms with E-state index in [2.05, 4.69) is 15.3 Å². The highest BCUT2D eigenvalue weighted by molar-refractivity contribution is 7.89. The molecule has 0 aliphatic rings. The Hall–Kier alpha value is -2.12. The van der Waals surface area contributed by atoms with E-state index in [1.807, 2.05) is 18.2 Å². The molecule has 2 aromatic rings. The van der Waals surface area contributed by atoms with Gasteiger partial charge >= 0.3 is 0 Å². The number of H-pyrrole nitrogens is 1. The molecule has 1 aromatic carbocycles. The molecular formula is C12H10N4OS2. The van der Waals surface area contributed by atoms with Crippen LogP contribution in [0.25, 0.3) is 17.1 Å². The van der Waals surface area contributed by atoms with E-state index in [-0.39, 0.29) is 21.2 Å². The predicted octanol–water partition coefficient (Wildman–Crippen LogP) is 1.10. The van der Waals surface area contributed by atoms with E-state index in [9.17, 15) is 4.79 Å². The van der Waals surface area contributed by atoms with Gasteiger partial charge in [0.25, 0.3) is 5.56 Å². The fourth-order valence-electron chi connectivity index (χ4n) is 1.42. The highest BCUT2D eigenvalue weighted by Gasteiger charge is 2.01. The van der Waals surface area contributed by atoms with Gasteiger partial charge < -0.3 is 16.0 Å². The summed E-state index contributed by atoms with van der Waals surface area (Å²) in [5, 5.41) is 2.70. The number of aromatic nitrogens is 2. The summed E-state index contributed by atoms with van der Waals surface area (Å²) in [7, 11) is 0. The van der Waals surface area contributed by atoms with Crippen LogP contribution >= 0.6 is 24.4 Å². The van der Waals surface area contributed by atoms with Crippen LogP contribution in [0, 0.1) is 0 Å². The van der Waals surface area contributed by atoms with Crippen LogP contribution in [0.4, 0.5) is 0 Å². The molecule has 19 heavy (non-hydrogen) atoms. The molecule has 2 rings (SSSR count). The zero-order valence-corrected chi connectivity index (χ0v) is 11.3. The Morgan fingerprint density at radius 3 is 2.84 bits per heavy atom. The maximum Gasteiger partial charge on any atom is 0.274 e. The predicted molar refractivity (Wildman–Crippen MR) is 83.9 cm³/mol. The maximum absolute atomic E-state index is 11.8. The van der Waals surface area contributed by atoms with Crippen LogP contribution in [0.5, 0.6) is 0 Å². The number of para-hydroxylation sites is 2. The Morgan fingerprint density at radius 1 is 1.37 bits per heavy atom. The number of benzene rings is 1. The van der Waals surface area contributed by atoms with Gasteiger partial charge in [0.2, 0.25) is 0 Å². The van der Waals surface area contributed by atoms with Crippen molar-refractivity contribution in [1.82, 2.24) is 15.3 Å². The fraction of sp³-hybridized carbons (Fsp3) is 0. The van der Waals surface area contributed by atoms with Gasteiger partial charge in [-0.1, -0.05) is 36.6 Å². The third kappa shape index (κ3) is 3.21. The normalized spacial score (nSPS) is 10.7. The molecule has 0 amide bonds. The van der Waals surface area contributed by atoms with Gasteiger partial charge in [-0.3, -0.25) is 4.79 Å². The molecule has 0 saturated carbocycles. The summed E-state index contributed by atoms with van der Waals surface area (Å²) in [5.41, 5.74) is 6.72. The molecular weight excluding hydrogens is 280 g/mol. The first-order valence-corrected chi connectivity index (χ1v) is 6.15. The second-order valence-corrected chi connectivity index (χ2v) is 4.49. The smallest absolute Gasteiger partial charge is 0.274 e. The molecule has 0 saturated heterocycles.